The van der Waals surface area contributed by atoms with Gasteiger partial charge < -0.3 is 4.98 Å². The van der Waals surface area contributed by atoms with Crippen LogP contribution in [0.3, 0.4) is 0 Å². The Morgan fingerprint density at radius 2 is 1.72 bits per heavy atom. The molecule has 1 aromatic heterocycles. The van der Waals surface area contributed by atoms with Gasteiger partial charge in [0, 0.05) is 17.1 Å². The van der Waals surface area contributed by atoms with Crippen LogP contribution < -0.4 is 0 Å². The Kier molecular flexibility index (Phi) is 5.28. The molecule has 1 atom stereocenters. The van der Waals surface area contributed by atoms with Crippen molar-refractivity contribution in [3.8, 4) is 0 Å². The standard InChI is InChI=1S/C21H25NO2S/c1-3-4-5-10-21(19-15-22-20-9-7-6-8-18(19)20)25(23,24)17-13-11-16(2)12-14-17/h6-9,11-15,21-22H,3-5,10H2,1-2H3. The van der Waals surface area contributed by atoms with Crippen LogP contribution in [0.2, 0.25) is 0 Å². The minimum absolute atomic E-state index is 0.407. The molecule has 2 aromatic carbocycles. The third-order valence-electron chi connectivity index (χ3n) is 4.76. The summed E-state index contributed by atoms with van der Waals surface area (Å²) in [7, 11) is -3.43. The average Bonchev–Trinajstić information content (AvgIpc) is 3.03. The van der Waals surface area contributed by atoms with Gasteiger partial charge >= 0.3 is 0 Å². The molecule has 132 valence electrons. The van der Waals surface area contributed by atoms with Crippen LogP contribution in [-0.2, 0) is 9.84 Å². The largest absolute Gasteiger partial charge is 0.361 e. The lowest BCUT2D eigenvalue weighted by atomic mass is 10.0. The van der Waals surface area contributed by atoms with Crippen LogP contribution in [0.4, 0.5) is 0 Å². The number of benzene rings is 2. The molecule has 1 unspecified atom stereocenters. The van der Waals surface area contributed by atoms with Crippen LogP contribution in [0.5, 0.6) is 0 Å². The van der Waals surface area contributed by atoms with Gasteiger partial charge in [0.1, 0.15) is 0 Å². The summed E-state index contributed by atoms with van der Waals surface area (Å²) in [6.45, 7) is 4.10. The van der Waals surface area contributed by atoms with Gasteiger partial charge in [-0.25, -0.2) is 8.42 Å². The van der Waals surface area contributed by atoms with Crippen molar-refractivity contribution in [1.29, 1.82) is 0 Å². The van der Waals surface area contributed by atoms with Crippen LogP contribution in [0.15, 0.2) is 59.6 Å². The molecule has 0 aliphatic heterocycles. The second-order valence-corrected chi connectivity index (χ2v) is 8.76. The summed E-state index contributed by atoms with van der Waals surface area (Å²) in [5, 5.41) is 0.484. The monoisotopic (exact) mass is 355 g/mol. The van der Waals surface area contributed by atoms with Crippen molar-refractivity contribution < 1.29 is 8.42 Å². The number of hydrogen-bond acceptors (Lipinski definition) is 2. The summed E-state index contributed by atoms with van der Waals surface area (Å²) < 4.78 is 26.7. The Hall–Kier alpha value is -2.07. The zero-order valence-electron chi connectivity index (χ0n) is 14.8. The van der Waals surface area contributed by atoms with Crippen molar-refractivity contribution in [1.82, 2.24) is 4.98 Å². The molecule has 0 saturated heterocycles. The number of hydrogen-bond donors (Lipinski definition) is 1. The molecule has 0 aliphatic rings. The fourth-order valence-corrected chi connectivity index (χ4v) is 5.16. The van der Waals surface area contributed by atoms with E-state index in [2.05, 4.69) is 11.9 Å². The van der Waals surface area contributed by atoms with E-state index in [9.17, 15) is 8.42 Å². The van der Waals surface area contributed by atoms with Crippen LogP contribution in [0, 0.1) is 6.92 Å². The first-order valence-electron chi connectivity index (χ1n) is 8.90. The Morgan fingerprint density at radius 3 is 2.44 bits per heavy atom. The number of rotatable bonds is 7. The maximum atomic E-state index is 13.4. The van der Waals surface area contributed by atoms with E-state index in [4.69, 9.17) is 0 Å². The van der Waals surface area contributed by atoms with Gasteiger partial charge in [-0.3, -0.25) is 0 Å². The van der Waals surface area contributed by atoms with E-state index in [0.717, 1.165) is 41.3 Å². The van der Waals surface area contributed by atoms with Crippen molar-refractivity contribution in [2.45, 2.75) is 49.7 Å². The molecule has 0 spiro atoms. The van der Waals surface area contributed by atoms with Gasteiger partial charge in [-0.1, -0.05) is 62.1 Å². The van der Waals surface area contributed by atoms with Crippen LogP contribution >= 0.6 is 0 Å². The smallest absolute Gasteiger partial charge is 0.185 e. The second-order valence-electron chi connectivity index (χ2n) is 6.63. The molecule has 0 radical (unpaired) electrons. The highest BCUT2D eigenvalue weighted by molar-refractivity contribution is 7.91. The third kappa shape index (κ3) is 3.64. The van der Waals surface area contributed by atoms with Crippen LogP contribution in [0.25, 0.3) is 10.9 Å². The normalized spacial score (nSPS) is 13.2. The van der Waals surface area contributed by atoms with E-state index in [1.807, 2.05) is 49.5 Å². The highest BCUT2D eigenvalue weighted by atomic mass is 32.2. The van der Waals surface area contributed by atoms with Crippen molar-refractivity contribution in [3.63, 3.8) is 0 Å². The molecule has 3 aromatic rings. The predicted octanol–water partition coefficient (Wildman–Crippen LogP) is 5.57. The minimum atomic E-state index is -3.43. The van der Waals surface area contributed by atoms with Crippen molar-refractivity contribution in [3.05, 3.63) is 65.9 Å². The summed E-state index contributed by atoms with van der Waals surface area (Å²) in [5.41, 5.74) is 2.93. The summed E-state index contributed by atoms with van der Waals surface area (Å²) in [6, 6.07) is 15.1. The van der Waals surface area contributed by atoms with Gasteiger partial charge in [-0.2, -0.15) is 0 Å². The number of para-hydroxylation sites is 1. The maximum Gasteiger partial charge on any atom is 0.185 e. The van der Waals surface area contributed by atoms with Crippen LogP contribution in [0.1, 0.15) is 49.0 Å². The first kappa shape index (κ1) is 17.7. The van der Waals surface area contributed by atoms with E-state index in [-0.39, 0.29) is 0 Å². The van der Waals surface area contributed by atoms with Crippen LogP contribution in [-0.4, -0.2) is 13.4 Å². The van der Waals surface area contributed by atoms with E-state index in [1.54, 1.807) is 12.1 Å². The molecule has 25 heavy (non-hydrogen) atoms. The number of aromatic nitrogens is 1. The highest BCUT2D eigenvalue weighted by Gasteiger charge is 2.30. The predicted molar refractivity (Wildman–Crippen MR) is 104 cm³/mol. The maximum absolute atomic E-state index is 13.4. The van der Waals surface area contributed by atoms with E-state index >= 15 is 0 Å². The second kappa shape index (κ2) is 7.44. The number of H-pyrrole nitrogens is 1. The number of fused-ring (bicyclic) bond motifs is 1. The molecule has 0 fully saturated rings. The molecule has 0 aliphatic carbocycles. The highest BCUT2D eigenvalue weighted by Crippen LogP contribution is 2.37. The molecule has 3 rings (SSSR count). The number of aryl methyl sites for hydroxylation is 1. The minimum Gasteiger partial charge on any atom is -0.361 e. The van der Waals surface area contributed by atoms with Gasteiger partial charge in [0.25, 0.3) is 0 Å². The van der Waals surface area contributed by atoms with E-state index in [0.29, 0.717) is 11.3 Å². The summed E-state index contributed by atoms with van der Waals surface area (Å²) in [5.74, 6) is 0. The zero-order valence-corrected chi connectivity index (χ0v) is 15.6. The molecular formula is C21H25NO2S. The molecule has 4 heteroatoms. The summed E-state index contributed by atoms with van der Waals surface area (Å²) in [6.07, 6.45) is 5.54. The fourth-order valence-electron chi connectivity index (χ4n) is 3.31. The first-order chi connectivity index (χ1) is 12.0. The molecule has 1 N–H and O–H groups in total. The number of unbranched alkanes of at least 4 members (excludes halogenated alkanes) is 2. The fraction of sp³-hybridized carbons (Fsp3) is 0.333. The Bertz CT molecular complexity index is 939. The zero-order chi connectivity index (χ0) is 17.9. The van der Waals surface area contributed by atoms with E-state index < -0.39 is 15.1 Å². The summed E-state index contributed by atoms with van der Waals surface area (Å²) >= 11 is 0. The molecule has 0 amide bonds. The lowest BCUT2D eigenvalue weighted by Crippen LogP contribution is -2.14. The number of nitrogens with one attached hydrogen (secondary N) is 1. The van der Waals surface area contributed by atoms with Gasteiger partial charge in [0.2, 0.25) is 0 Å². The SMILES string of the molecule is CCCCCC(c1c[nH]c2ccccc12)S(=O)(=O)c1ccc(C)cc1. The van der Waals surface area contributed by atoms with Crippen molar-refractivity contribution in [2.24, 2.45) is 0 Å². The molecule has 1 heterocycles. The lowest BCUT2D eigenvalue weighted by molar-refractivity contribution is 0.565. The van der Waals surface area contributed by atoms with Gasteiger partial charge in [-0.15, -0.1) is 0 Å². The Balaban J connectivity index is 2.06. The number of sulfone groups is 1. The molecule has 0 bridgehead atoms. The quantitative estimate of drug-likeness (QED) is 0.563. The summed E-state index contributed by atoms with van der Waals surface area (Å²) in [4.78, 5) is 3.63. The third-order valence-corrected chi connectivity index (χ3v) is 6.93. The van der Waals surface area contributed by atoms with Crippen molar-refractivity contribution in [2.75, 3.05) is 0 Å². The molecular weight excluding hydrogens is 330 g/mol. The van der Waals surface area contributed by atoms with E-state index in [1.165, 1.54) is 0 Å². The van der Waals surface area contributed by atoms with Crippen molar-refractivity contribution >= 4 is 20.7 Å². The lowest BCUT2D eigenvalue weighted by Gasteiger charge is -2.18. The Morgan fingerprint density at radius 1 is 1.00 bits per heavy atom. The Labute approximate surface area is 150 Å². The van der Waals surface area contributed by atoms with Gasteiger partial charge in [0.15, 0.2) is 9.84 Å². The number of aromatic amines is 1. The topological polar surface area (TPSA) is 49.9 Å². The average molecular weight is 356 g/mol. The molecule has 0 saturated carbocycles. The molecule has 3 nitrogen and oxygen atoms in total. The van der Waals surface area contributed by atoms with Gasteiger partial charge in [0.05, 0.1) is 10.1 Å². The first-order valence-corrected chi connectivity index (χ1v) is 10.4. The van der Waals surface area contributed by atoms with Gasteiger partial charge in [-0.05, 0) is 37.1 Å².